The maximum absolute atomic E-state index is 12.5. The van der Waals surface area contributed by atoms with Gasteiger partial charge in [-0.1, -0.05) is 18.3 Å². The quantitative estimate of drug-likeness (QED) is 0.512. The molecule has 0 spiro atoms. The van der Waals surface area contributed by atoms with E-state index >= 15 is 0 Å². The van der Waals surface area contributed by atoms with Crippen molar-refractivity contribution in [3.05, 3.63) is 26.3 Å². The molecule has 2 aromatic heterocycles. The first-order chi connectivity index (χ1) is 12.9. The Kier molecular flexibility index (Phi) is 6.32. The van der Waals surface area contributed by atoms with Gasteiger partial charge < -0.3 is 25.0 Å². The van der Waals surface area contributed by atoms with Crippen molar-refractivity contribution in [1.29, 1.82) is 0 Å². The van der Waals surface area contributed by atoms with E-state index in [0.717, 1.165) is 27.2 Å². The molecule has 27 heavy (non-hydrogen) atoms. The van der Waals surface area contributed by atoms with Crippen molar-refractivity contribution in [3.63, 3.8) is 0 Å². The summed E-state index contributed by atoms with van der Waals surface area (Å²) in [6, 6.07) is -0.162. The first-order valence-corrected chi connectivity index (χ1v) is 10.3. The zero-order valence-corrected chi connectivity index (χ0v) is 17.8. The molecule has 11 heteroatoms. The number of hydrogen-bond donors (Lipinski definition) is 3. The number of H-pyrrole nitrogens is 1. The average Bonchev–Trinajstić information content (AvgIpc) is 3.29. The summed E-state index contributed by atoms with van der Waals surface area (Å²) in [5.74, 6) is -0.932. The van der Waals surface area contributed by atoms with Crippen molar-refractivity contribution in [2.45, 2.75) is 31.9 Å². The number of aryl methyl sites for hydroxylation is 1. The maximum Gasteiger partial charge on any atom is 0.347 e. The minimum Gasteiger partial charge on any atom is -0.477 e. The van der Waals surface area contributed by atoms with Gasteiger partial charge in [-0.15, -0.1) is 0 Å². The molecule has 0 aliphatic carbocycles. The standard InChI is InChI=1S/C16H20IN5O4S/c1-3-8-12(17)21-13(19-8)14(23)20-9-4-5-22(7-10(9)26-2)16-18-6-11(27-16)15(24)25/h6,9-10H,3-5,7H2,1-2H3,(H,19,21)(H,20,23)(H,24,25)/t9?,10-/m0/s1. The fraction of sp³-hybridized carbons (Fsp3) is 0.500. The predicted molar refractivity (Wildman–Crippen MR) is 109 cm³/mol. The number of methoxy groups -OCH3 is 1. The smallest absolute Gasteiger partial charge is 0.347 e. The van der Waals surface area contributed by atoms with Gasteiger partial charge in [0.25, 0.3) is 5.91 Å². The Balaban J connectivity index is 1.65. The van der Waals surface area contributed by atoms with Crippen LogP contribution < -0.4 is 10.2 Å². The highest BCUT2D eigenvalue weighted by atomic mass is 127. The molecule has 1 aliphatic heterocycles. The molecule has 3 N–H and O–H groups in total. The molecule has 9 nitrogen and oxygen atoms in total. The summed E-state index contributed by atoms with van der Waals surface area (Å²) < 4.78 is 6.37. The number of carboxylic acids is 1. The van der Waals surface area contributed by atoms with Crippen LogP contribution >= 0.6 is 33.9 Å². The fourth-order valence-electron chi connectivity index (χ4n) is 2.97. The zero-order valence-electron chi connectivity index (χ0n) is 14.9. The third-order valence-corrected chi connectivity index (χ3v) is 6.39. The number of carbonyl (C=O) groups excluding carboxylic acids is 1. The third kappa shape index (κ3) is 4.41. The van der Waals surface area contributed by atoms with Gasteiger partial charge in [-0.2, -0.15) is 0 Å². The van der Waals surface area contributed by atoms with E-state index in [2.05, 4.69) is 42.9 Å². The number of anilines is 1. The number of imidazole rings is 1. The van der Waals surface area contributed by atoms with Crippen LogP contribution in [0.4, 0.5) is 5.13 Å². The second-order valence-electron chi connectivity index (χ2n) is 6.11. The summed E-state index contributed by atoms with van der Waals surface area (Å²) in [4.78, 5) is 37.3. The number of aromatic nitrogens is 3. The Morgan fingerprint density at radius 2 is 2.33 bits per heavy atom. The van der Waals surface area contributed by atoms with Gasteiger partial charge in [0.05, 0.1) is 18.3 Å². The summed E-state index contributed by atoms with van der Waals surface area (Å²) in [6.45, 7) is 3.17. The molecule has 0 bridgehead atoms. The number of piperidine rings is 1. The van der Waals surface area contributed by atoms with Crippen LogP contribution in [0.25, 0.3) is 0 Å². The second-order valence-corrected chi connectivity index (χ2v) is 8.14. The van der Waals surface area contributed by atoms with E-state index in [-0.39, 0.29) is 22.9 Å². The number of carboxylic acid groups (broad SMARTS) is 1. The lowest BCUT2D eigenvalue weighted by molar-refractivity contribution is 0.0538. The van der Waals surface area contributed by atoms with Crippen LogP contribution in [0, 0.1) is 3.70 Å². The molecule has 3 heterocycles. The van der Waals surface area contributed by atoms with Crippen LogP contribution in [0.15, 0.2) is 6.20 Å². The molecule has 1 fully saturated rings. The van der Waals surface area contributed by atoms with Crippen LogP contribution in [-0.4, -0.2) is 64.3 Å². The molecule has 2 atom stereocenters. The van der Waals surface area contributed by atoms with Crippen LogP contribution in [-0.2, 0) is 11.2 Å². The predicted octanol–water partition coefficient (Wildman–Crippen LogP) is 1.76. The zero-order chi connectivity index (χ0) is 19.6. The Labute approximate surface area is 173 Å². The largest absolute Gasteiger partial charge is 0.477 e. The van der Waals surface area contributed by atoms with Crippen LogP contribution in [0.5, 0.6) is 0 Å². The van der Waals surface area contributed by atoms with E-state index < -0.39 is 5.97 Å². The molecule has 1 unspecified atom stereocenters. The summed E-state index contributed by atoms with van der Waals surface area (Å²) >= 11 is 3.25. The van der Waals surface area contributed by atoms with Gasteiger partial charge in [-0.25, -0.2) is 14.8 Å². The number of carbonyl (C=O) groups is 2. The first kappa shape index (κ1) is 20.0. The highest BCUT2D eigenvalue weighted by molar-refractivity contribution is 14.1. The number of aromatic carboxylic acids is 1. The summed E-state index contributed by atoms with van der Waals surface area (Å²) in [7, 11) is 1.60. The number of hydrogen-bond acceptors (Lipinski definition) is 7. The SMILES string of the molecule is CCc1[nH]c(C(=O)NC2CCN(c3ncc(C(=O)O)s3)C[C@@H]2OC)nc1I. The molecular formula is C16H20IN5O4S. The molecule has 2 aromatic rings. The minimum absolute atomic E-state index is 0.162. The van der Waals surface area contributed by atoms with Crippen molar-refractivity contribution >= 4 is 50.9 Å². The molecule has 1 saturated heterocycles. The minimum atomic E-state index is -0.983. The van der Waals surface area contributed by atoms with Crippen LogP contribution in [0.2, 0.25) is 0 Å². The van der Waals surface area contributed by atoms with Gasteiger partial charge in [0, 0.05) is 25.9 Å². The number of thiazole rings is 1. The number of nitrogens with one attached hydrogen (secondary N) is 2. The maximum atomic E-state index is 12.5. The van der Waals surface area contributed by atoms with Crippen molar-refractivity contribution < 1.29 is 19.4 Å². The van der Waals surface area contributed by atoms with Crippen LogP contribution in [0.1, 0.15) is 39.3 Å². The molecule has 1 amide bonds. The first-order valence-electron chi connectivity index (χ1n) is 8.45. The number of nitrogens with zero attached hydrogens (tertiary/aromatic N) is 3. The monoisotopic (exact) mass is 505 g/mol. The molecular weight excluding hydrogens is 485 g/mol. The van der Waals surface area contributed by atoms with Gasteiger partial charge in [-0.05, 0) is 35.4 Å². The lowest BCUT2D eigenvalue weighted by Crippen LogP contribution is -2.55. The van der Waals surface area contributed by atoms with Crippen LogP contribution in [0.3, 0.4) is 0 Å². The van der Waals surface area contributed by atoms with Gasteiger partial charge in [0.15, 0.2) is 11.0 Å². The molecule has 3 rings (SSSR count). The summed E-state index contributed by atoms with van der Waals surface area (Å²) in [5.41, 5.74) is 0.942. The molecule has 0 saturated carbocycles. The topological polar surface area (TPSA) is 120 Å². The highest BCUT2D eigenvalue weighted by Gasteiger charge is 2.32. The average molecular weight is 505 g/mol. The summed E-state index contributed by atoms with van der Waals surface area (Å²) in [5, 5.41) is 12.7. The normalized spacial score (nSPS) is 19.9. The lowest BCUT2D eigenvalue weighted by atomic mass is 10.0. The molecule has 1 aliphatic rings. The van der Waals surface area contributed by atoms with E-state index in [9.17, 15) is 9.59 Å². The van der Waals surface area contributed by atoms with E-state index in [4.69, 9.17) is 9.84 Å². The van der Waals surface area contributed by atoms with Crippen molar-refractivity contribution in [1.82, 2.24) is 20.3 Å². The number of rotatable bonds is 6. The Hall–Kier alpha value is -1.73. The number of aromatic amines is 1. The van der Waals surface area contributed by atoms with E-state index in [1.54, 1.807) is 7.11 Å². The third-order valence-electron chi connectivity index (χ3n) is 4.45. The number of halogens is 1. The Morgan fingerprint density at radius 1 is 1.56 bits per heavy atom. The number of amides is 1. The molecule has 146 valence electrons. The van der Waals surface area contributed by atoms with Gasteiger partial charge >= 0.3 is 5.97 Å². The van der Waals surface area contributed by atoms with E-state index in [1.165, 1.54) is 6.20 Å². The Bertz CT molecular complexity index is 839. The molecule has 0 aromatic carbocycles. The lowest BCUT2D eigenvalue weighted by Gasteiger charge is -2.37. The van der Waals surface area contributed by atoms with Crippen molar-refractivity contribution in [2.75, 3.05) is 25.1 Å². The van der Waals surface area contributed by atoms with Crippen molar-refractivity contribution in [3.8, 4) is 0 Å². The Morgan fingerprint density at radius 3 is 2.93 bits per heavy atom. The molecule has 0 radical (unpaired) electrons. The second kappa shape index (κ2) is 8.52. The van der Waals surface area contributed by atoms with Gasteiger partial charge in [0.1, 0.15) is 8.58 Å². The van der Waals surface area contributed by atoms with Crippen molar-refractivity contribution in [2.24, 2.45) is 0 Å². The summed E-state index contributed by atoms with van der Waals surface area (Å²) in [6.07, 6.45) is 2.57. The van der Waals surface area contributed by atoms with Gasteiger partial charge in [0.2, 0.25) is 0 Å². The highest BCUT2D eigenvalue weighted by Crippen LogP contribution is 2.26. The fourth-order valence-corrected chi connectivity index (χ4v) is 4.52. The van der Waals surface area contributed by atoms with E-state index in [1.807, 2.05) is 11.8 Å². The van der Waals surface area contributed by atoms with Gasteiger partial charge in [-0.3, -0.25) is 4.79 Å². The van der Waals surface area contributed by atoms with E-state index in [0.29, 0.717) is 30.5 Å². The number of ether oxygens (including phenoxy) is 1.